The number of carbonyl (C=O) groups excluding carboxylic acids is 1. The third kappa shape index (κ3) is 3.71. The predicted molar refractivity (Wildman–Crippen MR) is 74.5 cm³/mol. The molecule has 104 valence electrons. The van der Waals surface area contributed by atoms with E-state index in [0.29, 0.717) is 18.0 Å². The molecule has 0 aromatic carbocycles. The molecule has 3 nitrogen and oxygen atoms in total. The summed E-state index contributed by atoms with van der Waals surface area (Å²) in [5.74, 6) is 0.186. The number of rotatable bonds is 6. The second-order valence-electron chi connectivity index (χ2n) is 6.21. The van der Waals surface area contributed by atoms with Crippen LogP contribution in [0.3, 0.4) is 0 Å². The van der Waals surface area contributed by atoms with Crippen LogP contribution in [-0.2, 0) is 4.79 Å². The van der Waals surface area contributed by atoms with Gasteiger partial charge in [-0.3, -0.25) is 4.79 Å². The van der Waals surface area contributed by atoms with Gasteiger partial charge >= 0.3 is 0 Å². The Balaban J connectivity index is 1.63. The third-order valence-corrected chi connectivity index (χ3v) is 4.92. The van der Waals surface area contributed by atoms with Gasteiger partial charge in [-0.25, -0.2) is 0 Å². The van der Waals surface area contributed by atoms with Crippen LogP contribution >= 0.6 is 0 Å². The standard InChI is InChI=1S/C15H28N2O/c1-2-15(9-5-6-10-15)12-16-11-14(18)17-13-7-3-4-8-13/h13,16H,2-12H2,1H3,(H,17,18). The molecule has 0 aromatic rings. The van der Waals surface area contributed by atoms with Gasteiger partial charge in [-0.2, -0.15) is 0 Å². The largest absolute Gasteiger partial charge is 0.352 e. The predicted octanol–water partition coefficient (Wildman–Crippen LogP) is 2.61. The van der Waals surface area contributed by atoms with E-state index in [0.717, 1.165) is 6.54 Å². The number of carbonyl (C=O) groups is 1. The van der Waals surface area contributed by atoms with Gasteiger partial charge in [0.05, 0.1) is 6.54 Å². The topological polar surface area (TPSA) is 41.1 Å². The first-order valence-electron chi connectivity index (χ1n) is 7.74. The van der Waals surface area contributed by atoms with Crippen molar-refractivity contribution in [3.05, 3.63) is 0 Å². The summed E-state index contributed by atoms with van der Waals surface area (Å²) in [4.78, 5) is 11.8. The molecule has 2 N–H and O–H groups in total. The average molecular weight is 252 g/mol. The van der Waals surface area contributed by atoms with Crippen molar-refractivity contribution in [2.45, 2.75) is 70.8 Å². The lowest BCUT2D eigenvalue weighted by molar-refractivity contribution is -0.121. The summed E-state index contributed by atoms with van der Waals surface area (Å²) in [5.41, 5.74) is 0.480. The van der Waals surface area contributed by atoms with Crippen molar-refractivity contribution in [1.29, 1.82) is 0 Å². The summed E-state index contributed by atoms with van der Waals surface area (Å²) in [7, 11) is 0. The normalized spacial score (nSPS) is 23.4. The van der Waals surface area contributed by atoms with Gasteiger partial charge in [-0.05, 0) is 37.5 Å². The molecule has 0 radical (unpaired) electrons. The van der Waals surface area contributed by atoms with Gasteiger partial charge in [0.15, 0.2) is 0 Å². The first kappa shape index (κ1) is 13.9. The highest BCUT2D eigenvalue weighted by molar-refractivity contribution is 5.78. The van der Waals surface area contributed by atoms with Crippen LogP contribution in [0.5, 0.6) is 0 Å². The van der Waals surface area contributed by atoms with E-state index in [9.17, 15) is 4.79 Å². The number of hydrogen-bond acceptors (Lipinski definition) is 2. The molecule has 2 aliphatic rings. The van der Waals surface area contributed by atoms with E-state index in [4.69, 9.17) is 0 Å². The van der Waals surface area contributed by atoms with Gasteiger partial charge in [0.1, 0.15) is 0 Å². The number of hydrogen-bond donors (Lipinski definition) is 2. The Bertz CT molecular complexity index is 266. The van der Waals surface area contributed by atoms with Gasteiger partial charge in [-0.15, -0.1) is 0 Å². The van der Waals surface area contributed by atoms with Crippen molar-refractivity contribution >= 4 is 5.91 Å². The molecule has 0 atom stereocenters. The first-order valence-corrected chi connectivity index (χ1v) is 7.74. The minimum atomic E-state index is 0.186. The Morgan fingerprint density at radius 2 is 1.83 bits per heavy atom. The Morgan fingerprint density at radius 1 is 1.17 bits per heavy atom. The molecule has 2 rings (SSSR count). The Hall–Kier alpha value is -0.570. The molecule has 0 aliphatic heterocycles. The highest BCUT2D eigenvalue weighted by atomic mass is 16.1. The zero-order chi connectivity index (χ0) is 12.8. The molecule has 1 amide bonds. The fraction of sp³-hybridized carbons (Fsp3) is 0.933. The van der Waals surface area contributed by atoms with Crippen LogP contribution in [-0.4, -0.2) is 25.0 Å². The summed E-state index contributed by atoms with van der Waals surface area (Å²) in [6, 6.07) is 0.450. The van der Waals surface area contributed by atoms with E-state index in [1.165, 1.54) is 57.8 Å². The maximum atomic E-state index is 11.8. The molecule has 0 unspecified atom stereocenters. The number of amides is 1. The van der Waals surface area contributed by atoms with Crippen LogP contribution < -0.4 is 10.6 Å². The second kappa shape index (κ2) is 6.55. The van der Waals surface area contributed by atoms with E-state index < -0.39 is 0 Å². The second-order valence-corrected chi connectivity index (χ2v) is 6.21. The molecule has 2 saturated carbocycles. The van der Waals surface area contributed by atoms with Crippen LogP contribution in [0.1, 0.15) is 64.7 Å². The minimum Gasteiger partial charge on any atom is -0.352 e. The van der Waals surface area contributed by atoms with Gasteiger partial charge in [0.25, 0.3) is 0 Å². The van der Waals surface area contributed by atoms with Crippen LogP contribution in [0.25, 0.3) is 0 Å². The van der Waals surface area contributed by atoms with E-state index in [1.54, 1.807) is 0 Å². The number of nitrogens with one attached hydrogen (secondary N) is 2. The van der Waals surface area contributed by atoms with Gasteiger partial charge in [0, 0.05) is 12.6 Å². The lowest BCUT2D eigenvalue weighted by atomic mass is 9.83. The monoisotopic (exact) mass is 252 g/mol. The zero-order valence-corrected chi connectivity index (χ0v) is 11.8. The van der Waals surface area contributed by atoms with Crippen molar-refractivity contribution in [3.8, 4) is 0 Å². The minimum absolute atomic E-state index is 0.186. The molecule has 0 heterocycles. The molecular weight excluding hydrogens is 224 g/mol. The fourth-order valence-corrected chi connectivity index (χ4v) is 3.57. The van der Waals surface area contributed by atoms with E-state index >= 15 is 0 Å². The van der Waals surface area contributed by atoms with Gasteiger partial charge < -0.3 is 10.6 Å². The molecule has 0 bridgehead atoms. The van der Waals surface area contributed by atoms with Crippen molar-refractivity contribution in [3.63, 3.8) is 0 Å². The summed E-state index contributed by atoms with van der Waals surface area (Å²) < 4.78 is 0. The Labute approximate surface area is 111 Å². The molecule has 0 spiro atoms. The van der Waals surface area contributed by atoms with Crippen LogP contribution in [0, 0.1) is 5.41 Å². The van der Waals surface area contributed by atoms with Crippen molar-refractivity contribution in [1.82, 2.24) is 10.6 Å². The van der Waals surface area contributed by atoms with Crippen LogP contribution in [0.2, 0.25) is 0 Å². The lowest BCUT2D eigenvalue weighted by Gasteiger charge is -2.27. The molecule has 2 fully saturated rings. The maximum Gasteiger partial charge on any atom is 0.234 e. The molecule has 18 heavy (non-hydrogen) atoms. The molecular formula is C15H28N2O. The van der Waals surface area contributed by atoms with Crippen molar-refractivity contribution in [2.24, 2.45) is 5.41 Å². The van der Waals surface area contributed by atoms with Crippen LogP contribution in [0.4, 0.5) is 0 Å². The summed E-state index contributed by atoms with van der Waals surface area (Å²) in [5, 5.41) is 6.51. The van der Waals surface area contributed by atoms with Gasteiger partial charge in [0.2, 0.25) is 5.91 Å². The van der Waals surface area contributed by atoms with Crippen LogP contribution in [0.15, 0.2) is 0 Å². The van der Waals surface area contributed by atoms with E-state index in [1.807, 2.05) is 0 Å². The van der Waals surface area contributed by atoms with E-state index in [2.05, 4.69) is 17.6 Å². The quantitative estimate of drug-likeness (QED) is 0.763. The Kier molecular flexibility index (Phi) is 5.04. The highest BCUT2D eigenvalue weighted by Gasteiger charge is 2.31. The molecule has 0 aromatic heterocycles. The summed E-state index contributed by atoms with van der Waals surface area (Å²) in [6.45, 7) is 3.80. The molecule has 3 heteroatoms. The summed E-state index contributed by atoms with van der Waals surface area (Å²) >= 11 is 0. The van der Waals surface area contributed by atoms with Crippen molar-refractivity contribution in [2.75, 3.05) is 13.1 Å². The lowest BCUT2D eigenvalue weighted by Crippen LogP contribution is -2.42. The van der Waals surface area contributed by atoms with E-state index in [-0.39, 0.29) is 5.91 Å². The SMILES string of the molecule is CCC1(CNCC(=O)NC2CCCC2)CCCC1. The smallest absolute Gasteiger partial charge is 0.234 e. The fourth-order valence-electron chi connectivity index (χ4n) is 3.57. The van der Waals surface area contributed by atoms with Gasteiger partial charge in [-0.1, -0.05) is 32.6 Å². The summed E-state index contributed by atoms with van der Waals surface area (Å²) in [6.07, 6.45) is 11.5. The van der Waals surface area contributed by atoms with Crippen molar-refractivity contribution < 1.29 is 4.79 Å². The third-order valence-electron chi connectivity index (χ3n) is 4.92. The molecule has 2 aliphatic carbocycles. The maximum absolute atomic E-state index is 11.8. The average Bonchev–Trinajstić information content (AvgIpc) is 3.01. The molecule has 0 saturated heterocycles. The first-order chi connectivity index (χ1) is 8.74. The Morgan fingerprint density at radius 3 is 2.44 bits per heavy atom. The zero-order valence-electron chi connectivity index (χ0n) is 11.8. The highest BCUT2D eigenvalue weighted by Crippen LogP contribution is 2.40.